The van der Waals surface area contributed by atoms with Gasteiger partial charge in [0.15, 0.2) is 0 Å². The first-order chi connectivity index (χ1) is 8.52. The molecule has 1 saturated heterocycles. The number of halogens is 1. The molecule has 2 rings (SSSR count). The first kappa shape index (κ1) is 16.7. The molecule has 0 bridgehead atoms. The van der Waals surface area contributed by atoms with E-state index in [0.717, 1.165) is 31.6 Å². The van der Waals surface area contributed by atoms with Gasteiger partial charge in [0.05, 0.1) is 6.10 Å². The van der Waals surface area contributed by atoms with Crippen LogP contribution >= 0.6 is 12.4 Å². The number of carbonyl (C=O) groups excluding carboxylic acids is 1. The van der Waals surface area contributed by atoms with Crippen molar-refractivity contribution in [3.63, 3.8) is 0 Å². The molecule has 4 nitrogen and oxygen atoms in total. The Morgan fingerprint density at radius 2 is 1.95 bits per heavy atom. The van der Waals surface area contributed by atoms with E-state index in [1.165, 1.54) is 12.8 Å². The molecule has 1 aliphatic heterocycles. The highest BCUT2D eigenvalue weighted by atomic mass is 35.5. The topological polar surface area (TPSA) is 64.4 Å². The molecule has 2 aliphatic rings. The quantitative estimate of drug-likeness (QED) is 0.835. The summed E-state index contributed by atoms with van der Waals surface area (Å²) in [5, 5.41) is 3.20. The second kappa shape index (κ2) is 6.91. The third kappa shape index (κ3) is 4.33. The molecule has 112 valence electrons. The summed E-state index contributed by atoms with van der Waals surface area (Å²) in [7, 11) is 0. The molecule has 2 atom stereocenters. The van der Waals surface area contributed by atoms with Crippen molar-refractivity contribution < 1.29 is 9.53 Å². The number of carbonyl (C=O) groups is 1. The van der Waals surface area contributed by atoms with E-state index in [2.05, 4.69) is 19.2 Å². The molecule has 0 aromatic heterocycles. The standard InChI is InChI=1S/C14H26N2O2.ClH/c1-10-5-7-14(2,8-6-10)16-13(17)12-4-3-11(9-15)18-12;/h10-12H,3-9,15H2,1-2H3,(H,16,17);1H/t10?,11-,12+,14?;/m1./s1. The Bertz CT molecular complexity index is 304. The minimum atomic E-state index is -0.283. The zero-order valence-corrected chi connectivity index (χ0v) is 12.8. The second-order valence-corrected chi connectivity index (χ2v) is 6.29. The van der Waals surface area contributed by atoms with Gasteiger partial charge in [-0.05, 0) is 51.4 Å². The van der Waals surface area contributed by atoms with Gasteiger partial charge in [0.2, 0.25) is 5.91 Å². The van der Waals surface area contributed by atoms with Gasteiger partial charge in [0.1, 0.15) is 6.10 Å². The molecule has 0 radical (unpaired) electrons. The van der Waals surface area contributed by atoms with Crippen LogP contribution in [-0.4, -0.2) is 30.2 Å². The number of rotatable bonds is 3. The van der Waals surface area contributed by atoms with Crippen molar-refractivity contribution in [2.45, 2.75) is 70.1 Å². The summed E-state index contributed by atoms with van der Waals surface area (Å²) in [5.41, 5.74) is 5.53. The van der Waals surface area contributed by atoms with Gasteiger partial charge in [-0.2, -0.15) is 0 Å². The van der Waals surface area contributed by atoms with Gasteiger partial charge in [0, 0.05) is 12.1 Å². The summed E-state index contributed by atoms with van der Waals surface area (Å²) in [6.45, 7) is 4.96. The summed E-state index contributed by atoms with van der Waals surface area (Å²) in [4.78, 5) is 12.2. The molecule has 0 aromatic rings. The highest BCUT2D eigenvalue weighted by Crippen LogP contribution is 2.32. The number of hydrogen-bond donors (Lipinski definition) is 2. The van der Waals surface area contributed by atoms with Crippen LogP contribution < -0.4 is 11.1 Å². The molecule has 1 amide bonds. The van der Waals surface area contributed by atoms with Crippen molar-refractivity contribution in [3.05, 3.63) is 0 Å². The first-order valence-corrected chi connectivity index (χ1v) is 7.20. The summed E-state index contributed by atoms with van der Waals surface area (Å²) < 4.78 is 5.64. The number of hydrogen-bond acceptors (Lipinski definition) is 3. The Morgan fingerprint density at radius 1 is 1.32 bits per heavy atom. The van der Waals surface area contributed by atoms with E-state index < -0.39 is 0 Å². The molecule has 0 unspecified atom stereocenters. The van der Waals surface area contributed by atoms with Crippen LogP contribution in [0.4, 0.5) is 0 Å². The molecule has 19 heavy (non-hydrogen) atoms. The Hall–Kier alpha value is -0.320. The lowest BCUT2D eigenvalue weighted by Gasteiger charge is -2.37. The van der Waals surface area contributed by atoms with Crippen LogP contribution in [0.2, 0.25) is 0 Å². The lowest BCUT2D eigenvalue weighted by atomic mass is 9.78. The third-order valence-electron chi connectivity index (χ3n) is 4.47. The molecule has 0 spiro atoms. The summed E-state index contributed by atoms with van der Waals surface area (Å²) >= 11 is 0. The molecule has 1 saturated carbocycles. The van der Waals surface area contributed by atoms with E-state index in [9.17, 15) is 4.79 Å². The largest absolute Gasteiger partial charge is 0.364 e. The molecular weight excluding hydrogens is 264 g/mol. The molecule has 1 heterocycles. The van der Waals surface area contributed by atoms with Crippen LogP contribution in [-0.2, 0) is 9.53 Å². The van der Waals surface area contributed by atoms with E-state index in [-0.39, 0.29) is 36.1 Å². The minimum absolute atomic E-state index is 0. The summed E-state index contributed by atoms with van der Waals surface area (Å²) in [6, 6.07) is 0. The fourth-order valence-electron chi connectivity index (χ4n) is 2.97. The summed E-state index contributed by atoms with van der Waals surface area (Å²) in [5.74, 6) is 0.849. The zero-order valence-electron chi connectivity index (χ0n) is 12.0. The average molecular weight is 291 g/mol. The second-order valence-electron chi connectivity index (χ2n) is 6.29. The maximum absolute atomic E-state index is 12.2. The Labute approximate surface area is 122 Å². The Kier molecular flexibility index (Phi) is 6.09. The Balaban J connectivity index is 0.00000180. The van der Waals surface area contributed by atoms with Gasteiger partial charge in [0.25, 0.3) is 0 Å². The maximum Gasteiger partial charge on any atom is 0.249 e. The SMILES string of the molecule is CC1CCC(C)(NC(=O)[C@@H]2CC[C@H](CN)O2)CC1.Cl. The van der Waals surface area contributed by atoms with E-state index in [0.29, 0.717) is 6.54 Å². The fourth-order valence-corrected chi connectivity index (χ4v) is 2.97. The maximum atomic E-state index is 12.2. The normalized spacial score (nSPS) is 38.6. The molecular formula is C14H27ClN2O2. The van der Waals surface area contributed by atoms with Gasteiger partial charge in [-0.3, -0.25) is 4.79 Å². The number of nitrogens with one attached hydrogen (secondary N) is 1. The number of amides is 1. The fraction of sp³-hybridized carbons (Fsp3) is 0.929. The smallest absolute Gasteiger partial charge is 0.249 e. The first-order valence-electron chi connectivity index (χ1n) is 7.20. The predicted molar refractivity (Wildman–Crippen MR) is 78.4 cm³/mol. The van der Waals surface area contributed by atoms with Crippen LogP contribution in [0, 0.1) is 5.92 Å². The number of nitrogens with two attached hydrogens (primary N) is 1. The number of ether oxygens (including phenoxy) is 1. The average Bonchev–Trinajstić information content (AvgIpc) is 2.82. The van der Waals surface area contributed by atoms with Gasteiger partial charge >= 0.3 is 0 Å². The van der Waals surface area contributed by atoms with Crippen molar-refractivity contribution in [2.24, 2.45) is 11.7 Å². The van der Waals surface area contributed by atoms with Crippen LogP contribution in [0.25, 0.3) is 0 Å². The molecule has 5 heteroatoms. The van der Waals surface area contributed by atoms with Gasteiger partial charge in [-0.15, -0.1) is 12.4 Å². The van der Waals surface area contributed by atoms with Crippen molar-refractivity contribution in [2.75, 3.05) is 6.54 Å². The van der Waals surface area contributed by atoms with E-state index in [1.807, 2.05) is 0 Å². The molecule has 0 aromatic carbocycles. The minimum Gasteiger partial charge on any atom is -0.364 e. The molecule has 3 N–H and O–H groups in total. The summed E-state index contributed by atoms with van der Waals surface area (Å²) in [6.07, 6.45) is 6.05. The van der Waals surface area contributed by atoms with E-state index in [4.69, 9.17) is 10.5 Å². The third-order valence-corrected chi connectivity index (χ3v) is 4.47. The van der Waals surface area contributed by atoms with Gasteiger partial charge < -0.3 is 15.8 Å². The monoisotopic (exact) mass is 290 g/mol. The van der Waals surface area contributed by atoms with E-state index in [1.54, 1.807) is 0 Å². The van der Waals surface area contributed by atoms with Crippen molar-refractivity contribution >= 4 is 18.3 Å². The highest BCUT2D eigenvalue weighted by molar-refractivity contribution is 5.85. The lowest BCUT2D eigenvalue weighted by molar-refractivity contribution is -0.134. The zero-order chi connectivity index (χ0) is 13.2. The van der Waals surface area contributed by atoms with Crippen molar-refractivity contribution in [1.82, 2.24) is 5.32 Å². The van der Waals surface area contributed by atoms with Crippen LogP contribution in [0.5, 0.6) is 0 Å². The highest BCUT2D eigenvalue weighted by Gasteiger charge is 2.36. The predicted octanol–water partition coefficient (Wildman–Crippen LogP) is 2.00. The van der Waals surface area contributed by atoms with Crippen LogP contribution in [0.15, 0.2) is 0 Å². The molecule has 2 fully saturated rings. The van der Waals surface area contributed by atoms with Crippen LogP contribution in [0.3, 0.4) is 0 Å². The molecule has 1 aliphatic carbocycles. The lowest BCUT2D eigenvalue weighted by Crippen LogP contribution is -2.51. The van der Waals surface area contributed by atoms with Gasteiger partial charge in [-0.1, -0.05) is 6.92 Å². The van der Waals surface area contributed by atoms with Crippen molar-refractivity contribution in [3.8, 4) is 0 Å². The van der Waals surface area contributed by atoms with Gasteiger partial charge in [-0.25, -0.2) is 0 Å². The van der Waals surface area contributed by atoms with E-state index >= 15 is 0 Å². The van der Waals surface area contributed by atoms with Crippen LogP contribution in [0.1, 0.15) is 52.4 Å². The van der Waals surface area contributed by atoms with Crippen molar-refractivity contribution in [1.29, 1.82) is 0 Å². The Morgan fingerprint density at radius 3 is 2.47 bits per heavy atom.